The minimum atomic E-state index is -0.489. The number of hydrogen-bond acceptors (Lipinski definition) is 4. The van der Waals surface area contributed by atoms with Crippen molar-refractivity contribution in [1.29, 1.82) is 0 Å². The molecule has 0 aromatic heterocycles. The van der Waals surface area contributed by atoms with Gasteiger partial charge >= 0.3 is 5.97 Å². The van der Waals surface area contributed by atoms with Gasteiger partial charge in [0, 0.05) is 6.42 Å². The predicted molar refractivity (Wildman–Crippen MR) is 76.2 cm³/mol. The van der Waals surface area contributed by atoms with Crippen LogP contribution in [0.4, 0.5) is 0 Å². The number of fused-ring (bicyclic) bond motifs is 1. The van der Waals surface area contributed by atoms with Gasteiger partial charge in [-0.05, 0) is 50.1 Å². The first kappa shape index (κ1) is 14.3. The highest BCUT2D eigenvalue weighted by molar-refractivity contribution is 5.70. The molecule has 1 aliphatic carbocycles. The van der Waals surface area contributed by atoms with E-state index in [1.54, 1.807) is 0 Å². The number of ether oxygens (including phenoxy) is 1. The monoisotopic (exact) mass is 281 g/mol. The number of carbonyl (C=O) groups excluding carboxylic acids is 1. The second kappa shape index (κ2) is 6.44. The Kier molecular flexibility index (Phi) is 4.61. The van der Waals surface area contributed by atoms with Crippen molar-refractivity contribution in [3.05, 3.63) is 0 Å². The molecule has 2 N–H and O–H groups in total. The third-order valence-electron chi connectivity index (χ3n) is 5.53. The summed E-state index contributed by atoms with van der Waals surface area (Å²) in [7, 11) is 0. The van der Waals surface area contributed by atoms with Crippen LogP contribution in [0.1, 0.15) is 51.4 Å². The highest BCUT2D eigenvalue weighted by atomic mass is 16.5. The van der Waals surface area contributed by atoms with Crippen LogP contribution in [0.3, 0.4) is 0 Å². The van der Waals surface area contributed by atoms with Crippen LogP contribution in [0.15, 0.2) is 0 Å². The summed E-state index contributed by atoms with van der Waals surface area (Å²) in [4.78, 5) is 11.4. The molecule has 5 unspecified atom stereocenters. The highest BCUT2D eigenvalue weighted by Crippen LogP contribution is 2.40. The first-order valence-electron chi connectivity index (χ1n) is 8.30. The summed E-state index contributed by atoms with van der Waals surface area (Å²) in [6.07, 6.45) is 7.76. The molecule has 0 amide bonds. The van der Waals surface area contributed by atoms with E-state index < -0.39 is 6.10 Å². The first-order valence-corrected chi connectivity index (χ1v) is 8.30. The maximum atomic E-state index is 11.4. The zero-order valence-electron chi connectivity index (χ0n) is 12.2. The molecule has 3 rings (SSSR count). The molecule has 0 radical (unpaired) electrons. The third-order valence-corrected chi connectivity index (χ3v) is 5.53. The van der Waals surface area contributed by atoms with Crippen molar-refractivity contribution in [3.63, 3.8) is 0 Å². The average Bonchev–Trinajstić information content (AvgIpc) is 2.44. The Balaban J connectivity index is 1.50. The number of rotatable bonds is 3. The van der Waals surface area contributed by atoms with E-state index in [0.717, 1.165) is 30.6 Å². The molecule has 4 nitrogen and oxygen atoms in total. The van der Waals surface area contributed by atoms with Gasteiger partial charge in [-0.1, -0.05) is 19.3 Å². The molecule has 3 fully saturated rings. The van der Waals surface area contributed by atoms with Gasteiger partial charge in [0.25, 0.3) is 0 Å². The maximum absolute atomic E-state index is 11.4. The van der Waals surface area contributed by atoms with Crippen LogP contribution in [-0.2, 0) is 9.53 Å². The van der Waals surface area contributed by atoms with E-state index in [1.165, 1.54) is 38.8 Å². The summed E-state index contributed by atoms with van der Waals surface area (Å²) in [6, 6.07) is 0. The van der Waals surface area contributed by atoms with Crippen molar-refractivity contribution in [2.24, 2.45) is 17.8 Å². The van der Waals surface area contributed by atoms with Crippen LogP contribution in [0, 0.1) is 17.8 Å². The molecule has 0 bridgehead atoms. The van der Waals surface area contributed by atoms with Crippen LogP contribution >= 0.6 is 0 Å². The Bertz CT molecular complexity index is 345. The molecular weight excluding hydrogens is 254 g/mol. The Morgan fingerprint density at radius 1 is 1.25 bits per heavy atom. The van der Waals surface area contributed by atoms with Gasteiger partial charge in [0.1, 0.15) is 6.10 Å². The molecular formula is C16H27NO3. The molecule has 0 aromatic rings. The molecule has 0 aromatic carbocycles. The van der Waals surface area contributed by atoms with E-state index in [9.17, 15) is 9.90 Å². The second-order valence-electron chi connectivity index (χ2n) is 6.89. The average molecular weight is 281 g/mol. The standard InChI is InChI=1S/C16H27NO3/c18-13-8-14(20-16(19)9-13)5-4-11-2-1-3-12-6-7-17-10-15(11)12/h11-15,17-18H,1-10H2. The minimum Gasteiger partial charge on any atom is -0.462 e. The number of nitrogens with one attached hydrogen (secondary N) is 1. The Morgan fingerprint density at radius 2 is 2.15 bits per heavy atom. The lowest BCUT2D eigenvalue weighted by Crippen LogP contribution is -2.43. The molecule has 0 spiro atoms. The number of aliphatic hydroxyl groups excluding tert-OH is 1. The summed E-state index contributed by atoms with van der Waals surface area (Å²) in [6.45, 7) is 2.35. The van der Waals surface area contributed by atoms with E-state index in [1.807, 2.05) is 0 Å². The molecule has 20 heavy (non-hydrogen) atoms. The largest absolute Gasteiger partial charge is 0.462 e. The Hall–Kier alpha value is -0.610. The van der Waals surface area contributed by atoms with Crippen molar-refractivity contribution in [1.82, 2.24) is 5.32 Å². The summed E-state index contributed by atoms with van der Waals surface area (Å²) >= 11 is 0. The summed E-state index contributed by atoms with van der Waals surface area (Å²) < 4.78 is 5.37. The van der Waals surface area contributed by atoms with Crippen LogP contribution in [-0.4, -0.2) is 36.4 Å². The van der Waals surface area contributed by atoms with Gasteiger partial charge in [0.15, 0.2) is 0 Å². The lowest BCUT2D eigenvalue weighted by Gasteiger charge is -2.42. The number of cyclic esters (lactones) is 1. The third kappa shape index (κ3) is 3.34. The zero-order chi connectivity index (χ0) is 13.9. The predicted octanol–water partition coefficient (Wildman–Crippen LogP) is 1.86. The van der Waals surface area contributed by atoms with E-state index >= 15 is 0 Å². The lowest BCUT2D eigenvalue weighted by molar-refractivity contribution is -0.160. The van der Waals surface area contributed by atoms with Gasteiger partial charge in [-0.3, -0.25) is 4.79 Å². The molecule has 4 heteroatoms. The van der Waals surface area contributed by atoms with E-state index in [-0.39, 0.29) is 18.5 Å². The number of piperidine rings is 1. The quantitative estimate of drug-likeness (QED) is 0.775. The maximum Gasteiger partial charge on any atom is 0.308 e. The lowest BCUT2D eigenvalue weighted by atomic mass is 9.67. The number of aliphatic hydroxyl groups is 1. The van der Waals surface area contributed by atoms with Gasteiger partial charge in [0.2, 0.25) is 0 Å². The Labute approximate surface area is 121 Å². The van der Waals surface area contributed by atoms with E-state index in [0.29, 0.717) is 6.42 Å². The van der Waals surface area contributed by atoms with Crippen LogP contribution in [0.5, 0.6) is 0 Å². The summed E-state index contributed by atoms with van der Waals surface area (Å²) in [5.74, 6) is 2.28. The summed E-state index contributed by atoms with van der Waals surface area (Å²) in [5, 5.41) is 13.2. The number of hydrogen-bond donors (Lipinski definition) is 2. The Morgan fingerprint density at radius 3 is 3.00 bits per heavy atom. The van der Waals surface area contributed by atoms with Gasteiger partial charge in [0.05, 0.1) is 12.5 Å². The molecule has 5 atom stereocenters. The smallest absolute Gasteiger partial charge is 0.308 e. The van der Waals surface area contributed by atoms with E-state index in [2.05, 4.69) is 5.32 Å². The SMILES string of the molecule is O=C1CC(O)CC(CCC2CCCC3CCNCC32)O1. The molecule has 2 aliphatic heterocycles. The molecule has 2 saturated heterocycles. The van der Waals surface area contributed by atoms with E-state index in [4.69, 9.17) is 4.74 Å². The fourth-order valence-corrected chi connectivity index (χ4v) is 4.50. The highest BCUT2D eigenvalue weighted by Gasteiger charge is 2.35. The zero-order valence-corrected chi connectivity index (χ0v) is 12.2. The number of carbonyl (C=O) groups is 1. The topological polar surface area (TPSA) is 58.6 Å². The normalized spacial score (nSPS) is 41.9. The van der Waals surface area contributed by atoms with Gasteiger partial charge in [-0.25, -0.2) is 0 Å². The van der Waals surface area contributed by atoms with Gasteiger partial charge in [-0.2, -0.15) is 0 Å². The minimum absolute atomic E-state index is 0.0526. The van der Waals surface area contributed by atoms with Crippen LogP contribution in [0.25, 0.3) is 0 Å². The van der Waals surface area contributed by atoms with Crippen LogP contribution in [0.2, 0.25) is 0 Å². The fraction of sp³-hybridized carbons (Fsp3) is 0.938. The fourth-order valence-electron chi connectivity index (χ4n) is 4.50. The summed E-state index contributed by atoms with van der Waals surface area (Å²) in [5.41, 5.74) is 0. The second-order valence-corrected chi connectivity index (χ2v) is 6.89. The van der Waals surface area contributed by atoms with Crippen molar-refractivity contribution < 1.29 is 14.6 Å². The number of esters is 1. The molecule has 114 valence electrons. The van der Waals surface area contributed by atoms with Crippen molar-refractivity contribution in [3.8, 4) is 0 Å². The molecule has 1 saturated carbocycles. The van der Waals surface area contributed by atoms with Crippen molar-refractivity contribution in [2.45, 2.75) is 63.6 Å². The van der Waals surface area contributed by atoms with Gasteiger partial charge < -0.3 is 15.2 Å². The van der Waals surface area contributed by atoms with Gasteiger partial charge in [-0.15, -0.1) is 0 Å². The van der Waals surface area contributed by atoms with Crippen molar-refractivity contribution in [2.75, 3.05) is 13.1 Å². The van der Waals surface area contributed by atoms with Crippen LogP contribution < -0.4 is 5.32 Å². The molecule has 2 heterocycles. The first-order chi connectivity index (χ1) is 9.72. The molecule has 3 aliphatic rings. The van der Waals surface area contributed by atoms with Crippen molar-refractivity contribution >= 4 is 5.97 Å².